The molecule has 2 nitrogen and oxygen atoms in total. The minimum Gasteiger partial charge on any atom is -0.387 e. The summed E-state index contributed by atoms with van der Waals surface area (Å²) in [5.74, 6) is 0. The molecular formula is C14H23NO. The monoisotopic (exact) mass is 221 g/mol. The van der Waals surface area contributed by atoms with Crippen LogP contribution in [0.1, 0.15) is 36.1 Å². The van der Waals surface area contributed by atoms with Crippen LogP contribution in [0.15, 0.2) is 18.2 Å². The molecule has 90 valence electrons. The fourth-order valence-electron chi connectivity index (χ4n) is 1.85. The summed E-state index contributed by atoms with van der Waals surface area (Å²) in [6.45, 7) is 8.06. The summed E-state index contributed by atoms with van der Waals surface area (Å²) < 4.78 is 0. The second-order valence-corrected chi connectivity index (χ2v) is 4.62. The Labute approximate surface area is 98.9 Å². The summed E-state index contributed by atoms with van der Waals surface area (Å²) in [6.07, 6.45) is 0.742. The number of nitrogens with zero attached hydrogens (tertiary/aromatic N) is 1. The van der Waals surface area contributed by atoms with Gasteiger partial charge in [0.1, 0.15) is 0 Å². The maximum absolute atomic E-state index is 10.1. The number of aryl methyl sites for hydroxylation is 2. The lowest BCUT2D eigenvalue weighted by Crippen LogP contribution is -2.25. The van der Waals surface area contributed by atoms with E-state index < -0.39 is 0 Å². The van der Waals surface area contributed by atoms with Gasteiger partial charge in [-0.1, -0.05) is 25.1 Å². The summed E-state index contributed by atoms with van der Waals surface area (Å²) in [5.41, 5.74) is 3.54. The summed E-state index contributed by atoms with van der Waals surface area (Å²) in [6, 6.07) is 6.18. The minimum absolute atomic E-state index is 0.379. The van der Waals surface area contributed by atoms with Crippen molar-refractivity contribution in [2.24, 2.45) is 0 Å². The molecule has 0 saturated carbocycles. The molecule has 1 aromatic rings. The van der Waals surface area contributed by atoms with Gasteiger partial charge in [0.15, 0.2) is 0 Å². The number of benzene rings is 1. The maximum Gasteiger partial charge on any atom is 0.0916 e. The largest absolute Gasteiger partial charge is 0.387 e. The Kier molecular flexibility index (Phi) is 4.97. The van der Waals surface area contributed by atoms with Gasteiger partial charge in [-0.25, -0.2) is 0 Å². The lowest BCUT2D eigenvalue weighted by atomic mass is 10.0. The third kappa shape index (κ3) is 3.62. The van der Waals surface area contributed by atoms with E-state index in [4.69, 9.17) is 0 Å². The van der Waals surface area contributed by atoms with Crippen LogP contribution in [-0.4, -0.2) is 30.1 Å². The lowest BCUT2D eigenvalue weighted by molar-refractivity contribution is 0.127. The summed E-state index contributed by atoms with van der Waals surface area (Å²) in [5, 5.41) is 10.1. The number of aliphatic hydroxyl groups is 1. The number of aliphatic hydroxyl groups excluding tert-OH is 1. The molecule has 2 heteroatoms. The third-order valence-electron chi connectivity index (χ3n) is 3.01. The SMILES string of the molecule is CCCN(C)CC(O)c1ccc(C)c(C)c1. The summed E-state index contributed by atoms with van der Waals surface area (Å²) >= 11 is 0. The predicted molar refractivity (Wildman–Crippen MR) is 68.7 cm³/mol. The average Bonchev–Trinajstić information content (AvgIpc) is 2.22. The van der Waals surface area contributed by atoms with Crippen molar-refractivity contribution in [1.82, 2.24) is 4.90 Å². The van der Waals surface area contributed by atoms with Gasteiger partial charge in [-0.05, 0) is 50.6 Å². The molecule has 0 saturated heterocycles. The Bertz CT molecular complexity index is 336. The standard InChI is InChI=1S/C14H23NO/c1-5-8-15(4)10-14(16)13-7-6-11(2)12(3)9-13/h6-7,9,14,16H,5,8,10H2,1-4H3. The molecule has 0 aromatic heterocycles. The van der Waals surface area contributed by atoms with Crippen molar-refractivity contribution in [2.75, 3.05) is 20.1 Å². The fourth-order valence-corrected chi connectivity index (χ4v) is 1.85. The molecule has 0 heterocycles. The second kappa shape index (κ2) is 6.02. The van der Waals surface area contributed by atoms with Crippen molar-refractivity contribution in [1.29, 1.82) is 0 Å². The molecule has 0 radical (unpaired) electrons. The predicted octanol–water partition coefficient (Wildman–Crippen LogP) is 2.68. The van der Waals surface area contributed by atoms with E-state index >= 15 is 0 Å². The molecule has 0 aliphatic rings. The molecule has 0 fully saturated rings. The topological polar surface area (TPSA) is 23.5 Å². The molecule has 0 amide bonds. The molecular weight excluding hydrogens is 198 g/mol. The van der Waals surface area contributed by atoms with Crippen LogP contribution < -0.4 is 0 Å². The van der Waals surface area contributed by atoms with Gasteiger partial charge in [0.05, 0.1) is 6.10 Å². The molecule has 0 bridgehead atoms. The third-order valence-corrected chi connectivity index (χ3v) is 3.01. The number of likely N-dealkylation sites (N-methyl/N-ethyl adjacent to an activating group) is 1. The van der Waals surface area contributed by atoms with Crippen molar-refractivity contribution in [3.8, 4) is 0 Å². The van der Waals surface area contributed by atoms with Crippen molar-refractivity contribution < 1.29 is 5.11 Å². The molecule has 1 aromatic carbocycles. The molecule has 0 spiro atoms. The van der Waals surface area contributed by atoms with Gasteiger partial charge in [-0.15, -0.1) is 0 Å². The van der Waals surface area contributed by atoms with Crippen molar-refractivity contribution in [3.63, 3.8) is 0 Å². The van der Waals surface area contributed by atoms with E-state index in [2.05, 4.69) is 37.8 Å². The highest BCUT2D eigenvalue weighted by molar-refractivity contribution is 5.31. The van der Waals surface area contributed by atoms with E-state index in [0.717, 1.165) is 18.5 Å². The van der Waals surface area contributed by atoms with Gasteiger partial charge in [-0.2, -0.15) is 0 Å². The molecule has 16 heavy (non-hydrogen) atoms. The van der Waals surface area contributed by atoms with E-state index in [1.807, 2.05) is 13.1 Å². The smallest absolute Gasteiger partial charge is 0.0916 e. The van der Waals surface area contributed by atoms with E-state index in [9.17, 15) is 5.11 Å². The van der Waals surface area contributed by atoms with Crippen molar-refractivity contribution in [2.45, 2.75) is 33.3 Å². The van der Waals surface area contributed by atoms with Gasteiger partial charge in [0.25, 0.3) is 0 Å². The molecule has 1 rings (SSSR count). The van der Waals surface area contributed by atoms with Gasteiger partial charge in [0, 0.05) is 6.54 Å². The first-order valence-electron chi connectivity index (χ1n) is 5.98. The number of rotatable bonds is 5. The quantitative estimate of drug-likeness (QED) is 0.826. The average molecular weight is 221 g/mol. The Morgan fingerprint density at radius 1 is 1.25 bits per heavy atom. The van der Waals surface area contributed by atoms with E-state index in [0.29, 0.717) is 6.54 Å². The second-order valence-electron chi connectivity index (χ2n) is 4.62. The van der Waals surface area contributed by atoms with Crippen LogP contribution in [0.5, 0.6) is 0 Å². The highest BCUT2D eigenvalue weighted by Crippen LogP contribution is 2.17. The first-order valence-corrected chi connectivity index (χ1v) is 5.98. The number of hydrogen-bond acceptors (Lipinski definition) is 2. The molecule has 1 unspecified atom stereocenters. The zero-order valence-corrected chi connectivity index (χ0v) is 10.8. The Balaban J connectivity index is 2.65. The zero-order valence-electron chi connectivity index (χ0n) is 10.8. The van der Waals surface area contributed by atoms with E-state index in [1.165, 1.54) is 11.1 Å². The van der Waals surface area contributed by atoms with Gasteiger partial charge in [0.2, 0.25) is 0 Å². The molecule has 0 aliphatic heterocycles. The van der Waals surface area contributed by atoms with Crippen molar-refractivity contribution in [3.05, 3.63) is 34.9 Å². The molecule has 0 aliphatic carbocycles. The molecule has 1 atom stereocenters. The van der Waals surface area contributed by atoms with Crippen LogP contribution >= 0.6 is 0 Å². The van der Waals surface area contributed by atoms with Crippen LogP contribution in [0, 0.1) is 13.8 Å². The normalized spacial score (nSPS) is 13.1. The fraction of sp³-hybridized carbons (Fsp3) is 0.571. The Hall–Kier alpha value is -0.860. The first-order chi connectivity index (χ1) is 7.54. The van der Waals surface area contributed by atoms with Gasteiger partial charge >= 0.3 is 0 Å². The van der Waals surface area contributed by atoms with Crippen LogP contribution in [-0.2, 0) is 0 Å². The zero-order chi connectivity index (χ0) is 12.1. The van der Waals surface area contributed by atoms with Crippen LogP contribution in [0.2, 0.25) is 0 Å². The highest BCUT2D eigenvalue weighted by Gasteiger charge is 2.10. The van der Waals surface area contributed by atoms with Crippen LogP contribution in [0.4, 0.5) is 0 Å². The van der Waals surface area contributed by atoms with Crippen LogP contribution in [0.3, 0.4) is 0 Å². The number of hydrogen-bond donors (Lipinski definition) is 1. The van der Waals surface area contributed by atoms with Gasteiger partial charge in [-0.3, -0.25) is 0 Å². The van der Waals surface area contributed by atoms with Crippen LogP contribution in [0.25, 0.3) is 0 Å². The minimum atomic E-state index is -0.379. The maximum atomic E-state index is 10.1. The first kappa shape index (κ1) is 13.2. The Morgan fingerprint density at radius 2 is 1.94 bits per heavy atom. The summed E-state index contributed by atoms with van der Waals surface area (Å²) in [7, 11) is 2.05. The highest BCUT2D eigenvalue weighted by atomic mass is 16.3. The van der Waals surface area contributed by atoms with E-state index in [1.54, 1.807) is 0 Å². The van der Waals surface area contributed by atoms with Crippen molar-refractivity contribution >= 4 is 0 Å². The lowest BCUT2D eigenvalue weighted by Gasteiger charge is -2.20. The molecule has 1 N–H and O–H groups in total. The summed E-state index contributed by atoms with van der Waals surface area (Å²) in [4.78, 5) is 2.17. The van der Waals surface area contributed by atoms with Gasteiger partial charge < -0.3 is 10.0 Å². The van der Waals surface area contributed by atoms with E-state index in [-0.39, 0.29) is 6.10 Å². The Morgan fingerprint density at radius 3 is 2.50 bits per heavy atom.